The number of halogens is 5. The zero-order chi connectivity index (χ0) is 23.6. The van der Waals surface area contributed by atoms with Crippen LogP contribution in [0.3, 0.4) is 0 Å². The van der Waals surface area contributed by atoms with E-state index in [1.165, 1.54) is 12.1 Å². The Balaban J connectivity index is 0.00000216. The van der Waals surface area contributed by atoms with E-state index in [9.17, 15) is 18.4 Å². The van der Waals surface area contributed by atoms with E-state index in [-0.39, 0.29) is 24.8 Å². The minimum atomic E-state index is -4.42. The summed E-state index contributed by atoms with van der Waals surface area (Å²) in [5, 5.41) is 13.4. The van der Waals surface area contributed by atoms with Gasteiger partial charge in [0.2, 0.25) is 0 Å². The Hall–Kier alpha value is -2.99. The van der Waals surface area contributed by atoms with Gasteiger partial charge in [-0.1, -0.05) is 38.1 Å². The molecule has 0 fully saturated rings. The largest absolute Gasteiger partial charge is 0.416 e. The molecule has 0 atom stereocenters. The molecule has 4 aromatic rings. The number of hydrogen-bond donors (Lipinski definition) is 1. The zero-order valence-electron chi connectivity index (χ0n) is 19.3. The van der Waals surface area contributed by atoms with Gasteiger partial charge in [0.05, 0.1) is 16.6 Å². The van der Waals surface area contributed by atoms with Crippen LogP contribution in [0.2, 0.25) is 0 Å². The fourth-order valence-corrected chi connectivity index (χ4v) is 4.02. The molecule has 2 aromatic carbocycles. The number of aromatic nitrogens is 2. The number of nitrogens with zero attached hydrogens (tertiary/aromatic N) is 4. The molecular formula is C25H26Cl2F3N5. The van der Waals surface area contributed by atoms with Crippen molar-refractivity contribution in [3.8, 4) is 17.2 Å². The first-order chi connectivity index (χ1) is 15.9. The number of rotatable bonds is 7. The monoisotopic (exact) mass is 523 g/mol. The average Bonchev–Trinajstić information content (AvgIpc) is 3.20. The summed E-state index contributed by atoms with van der Waals surface area (Å²) in [6.07, 6.45) is -4.42. The molecular weight excluding hydrogens is 498 g/mol. The summed E-state index contributed by atoms with van der Waals surface area (Å²) in [5.74, 6) is 0.736. The van der Waals surface area contributed by atoms with Crippen molar-refractivity contribution < 1.29 is 13.2 Å². The molecule has 35 heavy (non-hydrogen) atoms. The van der Waals surface area contributed by atoms with Crippen LogP contribution in [-0.2, 0) is 6.18 Å². The van der Waals surface area contributed by atoms with E-state index >= 15 is 0 Å². The Morgan fingerprint density at radius 2 is 1.69 bits per heavy atom. The molecule has 186 valence electrons. The molecule has 2 aromatic heterocycles. The van der Waals surface area contributed by atoms with Gasteiger partial charge in [-0.2, -0.15) is 18.4 Å². The lowest BCUT2D eigenvalue weighted by molar-refractivity contribution is -0.137. The quantitative estimate of drug-likeness (QED) is 0.295. The van der Waals surface area contributed by atoms with Crippen LogP contribution in [0.1, 0.15) is 25.0 Å². The van der Waals surface area contributed by atoms with Gasteiger partial charge < -0.3 is 10.2 Å². The molecule has 0 aliphatic carbocycles. The third kappa shape index (κ3) is 5.64. The average molecular weight is 524 g/mol. The van der Waals surface area contributed by atoms with Gasteiger partial charge in [-0.3, -0.25) is 4.40 Å². The van der Waals surface area contributed by atoms with Crippen LogP contribution in [0.25, 0.3) is 27.8 Å². The van der Waals surface area contributed by atoms with Crippen molar-refractivity contribution in [3.05, 3.63) is 65.7 Å². The number of anilines is 1. The summed E-state index contributed by atoms with van der Waals surface area (Å²) in [6, 6.07) is 16.5. The maximum atomic E-state index is 13.0. The van der Waals surface area contributed by atoms with Gasteiger partial charge in [0.1, 0.15) is 17.5 Å². The van der Waals surface area contributed by atoms with E-state index in [4.69, 9.17) is 0 Å². The molecule has 0 aliphatic rings. The normalized spacial score (nSPS) is 11.2. The van der Waals surface area contributed by atoms with Crippen LogP contribution in [0.4, 0.5) is 19.0 Å². The minimum Gasteiger partial charge on any atom is -0.370 e. The summed E-state index contributed by atoms with van der Waals surface area (Å²) in [5.41, 5.74) is 2.73. The molecule has 2 heterocycles. The Kier molecular flexibility index (Phi) is 9.38. The van der Waals surface area contributed by atoms with Crippen molar-refractivity contribution in [1.29, 1.82) is 5.26 Å². The predicted octanol–water partition coefficient (Wildman–Crippen LogP) is 6.64. The van der Waals surface area contributed by atoms with E-state index in [1.807, 2.05) is 34.7 Å². The molecule has 0 bridgehead atoms. The van der Waals surface area contributed by atoms with E-state index in [0.717, 1.165) is 48.6 Å². The Bertz CT molecular complexity index is 1320. The fraction of sp³-hybridized carbons (Fsp3) is 0.280. The molecule has 0 saturated heterocycles. The lowest BCUT2D eigenvalue weighted by Gasteiger charge is -2.20. The van der Waals surface area contributed by atoms with Gasteiger partial charge in [0, 0.05) is 18.7 Å². The highest BCUT2D eigenvalue weighted by atomic mass is 35.5. The summed E-state index contributed by atoms with van der Waals surface area (Å²) >= 11 is 0. The van der Waals surface area contributed by atoms with Crippen LogP contribution in [-0.4, -0.2) is 40.5 Å². The van der Waals surface area contributed by atoms with Gasteiger partial charge >= 0.3 is 6.18 Å². The Labute approximate surface area is 214 Å². The highest BCUT2D eigenvalue weighted by Gasteiger charge is 2.30. The van der Waals surface area contributed by atoms with Crippen molar-refractivity contribution in [2.24, 2.45) is 0 Å². The van der Waals surface area contributed by atoms with Gasteiger partial charge in [0.25, 0.3) is 0 Å². The smallest absolute Gasteiger partial charge is 0.370 e. The van der Waals surface area contributed by atoms with Gasteiger partial charge in [-0.15, -0.1) is 24.8 Å². The zero-order valence-corrected chi connectivity index (χ0v) is 20.9. The standard InChI is InChI=1S/C25H24F3N5.2ClH/c1-3-32(4-2)14-13-30-23-15-19(17-9-11-18(12-10-17)25(26,27)28)20(16-29)24-31-21-7-5-6-8-22(21)33(23)24;;/h5-12,15,30H,3-4,13-14H2,1-2H3;2*1H. The number of nitriles is 1. The number of alkyl halides is 3. The van der Waals surface area contributed by atoms with Crippen molar-refractivity contribution in [1.82, 2.24) is 14.3 Å². The third-order valence-corrected chi connectivity index (χ3v) is 5.84. The maximum absolute atomic E-state index is 13.0. The highest BCUT2D eigenvalue weighted by molar-refractivity contribution is 5.89. The number of likely N-dealkylation sites (N-methyl/N-ethyl adjacent to an activating group) is 1. The van der Waals surface area contributed by atoms with Crippen molar-refractivity contribution in [2.45, 2.75) is 20.0 Å². The molecule has 0 spiro atoms. The van der Waals surface area contributed by atoms with E-state index in [2.05, 4.69) is 35.1 Å². The first-order valence-corrected chi connectivity index (χ1v) is 10.9. The number of pyridine rings is 1. The van der Waals surface area contributed by atoms with Gasteiger partial charge in [-0.05, 0) is 49.0 Å². The third-order valence-electron chi connectivity index (χ3n) is 5.84. The van der Waals surface area contributed by atoms with Crippen molar-refractivity contribution in [3.63, 3.8) is 0 Å². The fourth-order valence-electron chi connectivity index (χ4n) is 4.02. The summed E-state index contributed by atoms with van der Waals surface area (Å²) in [4.78, 5) is 6.96. The highest BCUT2D eigenvalue weighted by Crippen LogP contribution is 2.35. The summed E-state index contributed by atoms with van der Waals surface area (Å²) in [6.45, 7) is 7.58. The number of hydrogen-bond acceptors (Lipinski definition) is 4. The predicted molar refractivity (Wildman–Crippen MR) is 139 cm³/mol. The Morgan fingerprint density at radius 1 is 1.03 bits per heavy atom. The molecule has 10 heteroatoms. The summed E-state index contributed by atoms with van der Waals surface area (Å²) < 4.78 is 41.0. The number of nitrogens with one attached hydrogen (secondary N) is 1. The number of para-hydroxylation sites is 2. The minimum absolute atomic E-state index is 0. The van der Waals surface area contributed by atoms with E-state index in [0.29, 0.717) is 28.9 Å². The van der Waals surface area contributed by atoms with Crippen molar-refractivity contribution >= 4 is 47.3 Å². The van der Waals surface area contributed by atoms with Crippen LogP contribution in [0, 0.1) is 11.3 Å². The topological polar surface area (TPSA) is 56.4 Å². The lowest BCUT2D eigenvalue weighted by Crippen LogP contribution is -2.29. The SMILES string of the molecule is CCN(CC)CCNc1cc(-c2ccc(C(F)(F)F)cc2)c(C#N)c2nc3ccccc3n12.Cl.Cl. The molecule has 0 saturated carbocycles. The van der Waals surface area contributed by atoms with Crippen molar-refractivity contribution in [2.75, 3.05) is 31.5 Å². The van der Waals surface area contributed by atoms with Gasteiger partial charge in [0.15, 0.2) is 5.65 Å². The molecule has 1 N–H and O–H groups in total. The number of imidazole rings is 1. The second-order valence-corrected chi connectivity index (χ2v) is 7.72. The molecule has 5 nitrogen and oxygen atoms in total. The molecule has 4 rings (SSSR count). The second-order valence-electron chi connectivity index (χ2n) is 7.72. The second kappa shape index (κ2) is 11.6. The Morgan fingerprint density at radius 3 is 2.29 bits per heavy atom. The maximum Gasteiger partial charge on any atom is 0.416 e. The summed E-state index contributed by atoms with van der Waals surface area (Å²) in [7, 11) is 0. The molecule has 0 aliphatic heterocycles. The molecule has 0 radical (unpaired) electrons. The number of fused-ring (bicyclic) bond motifs is 3. The first kappa shape index (κ1) is 28.2. The van der Waals surface area contributed by atoms with Gasteiger partial charge in [-0.25, -0.2) is 4.98 Å². The van der Waals surface area contributed by atoms with E-state index in [1.54, 1.807) is 0 Å². The van der Waals surface area contributed by atoms with Crippen LogP contribution in [0.5, 0.6) is 0 Å². The number of benzene rings is 2. The van der Waals surface area contributed by atoms with Crippen LogP contribution >= 0.6 is 24.8 Å². The van der Waals surface area contributed by atoms with Crippen LogP contribution < -0.4 is 5.32 Å². The first-order valence-electron chi connectivity index (χ1n) is 10.9. The molecule has 0 unspecified atom stereocenters. The molecule has 0 amide bonds. The lowest BCUT2D eigenvalue weighted by atomic mass is 10.00. The van der Waals surface area contributed by atoms with Crippen LogP contribution in [0.15, 0.2) is 54.6 Å². The van der Waals surface area contributed by atoms with E-state index < -0.39 is 11.7 Å².